The lowest BCUT2D eigenvalue weighted by Gasteiger charge is -2.26. The van der Waals surface area contributed by atoms with Gasteiger partial charge in [0.05, 0.1) is 7.11 Å². The van der Waals surface area contributed by atoms with E-state index in [0.29, 0.717) is 17.7 Å². The van der Waals surface area contributed by atoms with Crippen LogP contribution < -0.4 is 4.74 Å². The summed E-state index contributed by atoms with van der Waals surface area (Å²) in [6, 6.07) is 4.68. The zero-order valence-corrected chi connectivity index (χ0v) is 9.61. The summed E-state index contributed by atoms with van der Waals surface area (Å²) in [6.45, 7) is 0. The van der Waals surface area contributed by atoms with E-state index in [9.17, 15) is 14.6 Å². The Bertz CT molecular complexity index is 452. The number of methoxy groups -OCH3 is 1. The third-order valence-electron chi connectivity index (χ3n) is 2.99. The SMILES string of the molecule is COc1ccc(C2=CCC(O)(O)CC2)c(F)c1. The van der Waals surface area contributed by atoms with E-state index in [1.165, 1.54) is 13.2 Å². The van der Waals surface area contributed by atoms with Crippen molar-refractivity contribution in [3.05, 3.63) is 35.7 Å². The van der Waals surface area contributed by atoms with Gasteiger partial charge in [-0.3, -0.25) is 0 Å². The van der Waals surface area contributed by atoms with Gasteiger partial charge in [-0.1, -0.05) is 6.08 Å². The molecule has 3 nitrogen and oxygen atoms in total. The highest BCUT2D eigenvalue weighted by molar-refractivity contribution is 5.67. The van der Waals surface area contributed by atoms with Gasteiger partial charge in [0.2, 0.25) is 0 Å². The van der Waals surface area contributed by atoms with Gasteiger partial charge in [0.1, 0.15) is 11.6 Å². The number of allylic oxidation sites excluding steroid dienone is 1. The lowest BCUT2D eigenvalue weighted by atomic mass is 9.90. The molecule has 0 aliphatic heterocycles. The summed E-state index contributed by atoms with van der Waals surface area (Å²) in [4.78, 5) is 0. The van der Waals surface area contributed by atoms with Crippen LogP contribution in [0, 0.1) is 5.82 Å². The summed E-state index contributed by atoms with van der Waals surface area (Å²) in [6.07, 6.45) is 2.49. The van der Waals surface area contributed by atoms with Gasteiger partial charge in [0, 0.05) is 24.5 Å². The molecular formula is C13H15FO3. The van der Waals surface area contributed by atoms with E-state index >= 15 is 0 Å². The molecule has 1 aromatic carbocycles. The Hall–Kier alpha value is -1.39. The summed E-state index contributed by atoms with van der Waals surface area (Å²) in [5.74, 6) is -1.52. The van der Waals surface area contributed by atoms with Crippen LogP contribution in [0.15, 0.2) is 24.3 Å². The molecule has 17 heavy (non-hydrogen) atoms. The summed E-state index contributed by atoms with van der Waals surface area (Å²) in [5, 5.41) is 18.8. The minimum atomic E-state index is -1.65. The maximum absolute atomic E-state index is 13.8. The zero-order valence-electron chi connectivity index (χ0n) is 9.61. The molecule has 0 saturated carbocycles. The molecule has 2 N–H and O–H groups in total. The van der Waals surface area contributed by atoms with Gasteiger partial charge in [-0.25, -0.2) is 4.39 Å². The van der Waals surface area contributed by atoms with Crippen LogP contribution in [-0.4, -0.2) is 23.1 Å². The Balaban J connectivity index is 2.27. The predicted octanol–water partition coefficient (Wildman–Crippen LogP) is 2.08. The molecule has 0 saturated heterocycles. The van der Waals surface area contributed by atoms with Gasteiger partial charge in [-0.15, -0.1) is 0 Å². The standard InChI is InChI=1S/C13H15FO3/c1-17-10-2-3-11(12(14)8-10)9-4-6-13(15,16)7-5-9/h2-4,8,15-16H,5-7H2,1H3. The Morgan fingerprint density at radius 2 is 2.12 bits per heavy atom. The van der Waals surface area contributed by atoms with Crippen molar-refractivity contribution in [2.45, 2.75) is 25.0 Å². The third-order valence-corrected chi connectivity index (χ3v) is 2.99. The van der Waals surface area contributed by atoms with Crippen molar-refractivity contribution in [2.75, 3.05) is 7.11 Å². The van der Waals surface area contributed by atoms with Gasteiger partial charge in [0.15, 0.2) is 5.79 Å². The number of hydrogen-bond donors (Lipinski definition) is 2. The Kier molecular flexibility index (Phi) is 3.17. The normalized spacial score (nSPS) is 18.7. The van der Waals surface area contributed by atoms with Gasteiger partial charge in [0.25, 0.3) is 0 Å². The molecular weight excluding hydrogens is 223 g/mol. The van der Waals surface area contributed by atoms with Crippen molar-refractivity contribution in [3.8, 4) is 5.75 Å². The first kappa shape index (κ1) is 12.1. The van der Waals surface area contributed by atoms with Gasteiger partial charge in [-0.2, -0.15) is 0 Å². The van der Waals surface area contributed by atoms with E-state index in [1.54, 1.807) is 18.2 Å². The zero-order chi connectivity index (χ0) is 12.5. The van der Waals surface area contributed by atoms with Gasteiger partial charge in [-0.05, 0) is 24.1 Å². The molecule has 4 heteroatoms. The van der Waals surface area contributed by atoms with E-state index in [4.69, 9.17) is 4.74 Å². The highest BCUT2D eigenvalue weighted by atomic mass is 19.1. The van der Waals surface area contributed by atoms with E-state index in [-0.39, 0.29) is 18.7 Å². The topological polar surface area (TPSA) is 49.7 Å². The first-order valence-corrected chi connectivity index (χ1v) is 5.49. The fraction of sp³-hybridized carbons (Fsp3) is 0.385. The number of hydrogen-bond acceptors (Lipinski definition) is 3. The molecule has 1 aliphatic rings. The van der Waals surface area contributed by atoms with E-state index in [2.05, 4.69) is 0 Å². The van der Waals surface area contributed by atoms with Crippen LogP contribution in [0.25, 0.3) is 5.57 Å². The summed E-state index contributed by atoms with van der Waals surface area (Å²) in [5.41, 5.74) is 1.31. The molecule has 0 radical (unpaired) electrons. The van der Waals surface area contributed by atoms with Crippen LogP contribution in [0.2, 0.25) is 0 Å². The van der Waals surface area contributed by atoms with Crippen LogP contribution in [0.1, 0.15) is 24.8 Å². The van der Waals surface area contributed by atoms with Crippen LogP contribution in [0.5, 0.6) is 5.75 Å². The maximum Gasteiger partial charge on any atom is 0.166 e. The first-order chi connectivity index (χ1) is 8.02. The van der Waals surface area contributed by atoms with Crippen LogP contribution in [-0.2, 0) is 0 Å². The summed E-state index contributed by atoms with van der Waals surface area (Å²) < 4.78 is 18.7. The van der Waals surface area contributed by atoms with Gasteiger partial charge >= 0.3 is 0 Å². The summed E-state index contributed by atoms with van der Waals surface area (Å²) in [7, 11) is 1.49. The summed E-state index contributed by atoms with van der Waals surface area (Å²) >= 11 is 0. The Morgan fingerprint density at radius 3 is 2.65 bits per heavy atom. The number of ether oxygens (including phenoxy) is 1. The first-order valence-electron chi connectivity index (χ1n) is 5.49. The lowest BCUT2D eigenvalue weighted by molar-refractivity contribution is -0.163. The number of aliphatic hydroxyl groups is 2. The molecule has 0 bridgehead atoms. The predicted molar refractivity (Wildman–Crippen MR) is 61.9 cm³/mol. The van der Waals surface area contributed by atoms with Crippen molar-refractivity contribution in [1.82, 2.24) is 0 Å². The van der Waals surface area contributed by atoms with Crippen LogP contribution >= 0.6 is 0 Å². The second-order valence-electron chi connectivity index (χ2n) is 4.26. The molecule has 1 aliphatic carbocycles. The molecule has 0 atom stereocenters. The Labute approximate surface area is 99.2 Å². The third kappa shape index (κ3) is 2.65. The molecule has 1 aromatic rings. The smallest absolute Gasteiger partial charge is 0.166 e. The molecule has 2 rings (SSSR count). The molecule has 0 amide bonds. The molecule has 0 unspecified atom stereocenters. The second kappa shape index (κ2) is 4.47. The second-order valence-corrected chi connectivity index (χ2v) is 4.26. The molecule has 92 valence electrons. The van der Waals surface area contributed by atoms with Gasteiger partial charge < -0.3 is 14.9 Å². The average molecular weight is 238 g/mol. The quantitative estimate of drug-likeness (QED) is 0.775. The largest absolute Gasteiger partial charge is 0.497 e. The minimum Gasteiger partial charge on any atom is -0.497 e. The average Bonchev–Trinajstić information content (AvgIpc) is 2.29. The molecule has 0 aromatic heterocycles. The fourth-order valence-electron chi connectivity index (χ4n) is 1.95. The molecule has 0 fully saturated rings. The van der Waals surface area contributed by atoms with E-state index in [0.717, 1.165) is 5.57 Å². The number of halogens is 1. The van der Waals surface area contributed by atoms with Crippen molar-refractivity contribution in [1.29, 1.82) is 0 Å². The Morgan fingerprint density at radius 1 is 1.35 bits per heavy atom. The minimum absolute atomic E-state index is 0.133. The molecule has 0 heterocycles. The van der Waals surface area contributed by atoms with Crippen molar-refractivity contribution >= 4 is 5.57 Å². The van der Waals surface area contributed by atoms with Crippen LogP contribution in [0.3, 0.4) is 0 Å². The highest BCUT2D eigenvalue weighted by Gasteiger charge is 2.26. The van der Waals surface area contributed by atoms with Crippen molar-refractivity contribution in [3.63, 3.8) is 0 Å². The molecule has 0 spiro atoms. The highest BCUT2D eigenvalue weighted by Crippen LogP contribution is 2.33. The lowest BCUT2D eigenvalue weighted by Crippen LogP contribution is -2.29. The van der Waals surface area contributed by atoms with E-state index in [1.807, 2.05) is 0 Å². The van der Waals surface area contributed by atoms with Crippen molar-refractivity contribution in [2.24, 2.45) is 0 Å². The number of rotatable bonds is 2. The van der Waals surface area contributed by atoms with Crippen molar-refractivity contribution < 1.29 is 19.3 Å². The maximum atomic E-state index is 13.8. The van der Waals surface area contributed by atoms with E-state index < -0.39 is 5.79 Å². The number of benzene rings is 1. The monoisotopic (exact) mass is 238 g/mol. The fourth-order valence-corrected chi connectivity index (χ4v) is 1.95. The van der Waals surface area contributed by atoms with Crippen LogP contribution in [0.4, 0.5) is 4.39 Å².